The second kappa shape index (κ2) is 7.87. The standard InChI is InChI=1S/C20H21BClF3N2O3/c1-18(2)19(3,4)30-21(29-18)14-6-5-12(15(22)11-14)9-17(28)27-16-10-13(7-8-26-16)20(23,24)25/h5-8,10-11H,9H2,1-4H3,(H,26,27,28). The molecule has 0 atom stereocenters. The molecule has 2 aromatic rings. The number of amides is 1. The van der Waals surface area contributed by atoms with E-state index in [2.05, 4.69) is 10.3 Å². The molecule has 1 saturated heterocycles. The molecule has 1 aromatic carbocycles. The van der Waals surface area contributed by atoms with Crippen LogP contribution in [0.4, 0.5) is 19.0 Å². The molecule has 160 valence electrons. The van der Waals surface area contributed by atoms with Gasteiger partial charge in [-0.05, 0) is 56.9 Å². The van der Waals surface area contributed by atoms with Gasteiger partial charge >= 0.3 is 13.3 Å². The molecule has 1 N–H and O–H groups in total. The first-order valence-corrected chi connectivity index (χ1v) is 9.63. The van der Waals surface area contributed by atoms with E-state index in [1.54, 1.807) is 18.2 Å². The highest BCUT2D eigenvalue weighted by atomic mass is 35.5. The van der Waals surface area contributed by atoms with Gasteiger partial charge in [-0.3, -0.25) is 4.79 Å². The van der Waals surface area contributed by atoms with Crippen molar-refractivity contribution >= 4 is 35.9 Å². The monoisotopic (exact) mass is 440 g/mol. The zero-order valence-corrected chi connectivity index (χ0v) is 17.7. The number of carbonyl (C=O) groups excluding carboxylic acids is 1. The zero-order valence-electron chi connectivity index (χ0n) is 16.9. The molecule has 30 heavy (non-hydrogen) atoms. The Bertz CT molecular complexity index is 951. The van der Waals surface area contributed by atoms with Crippen LogP contribution in [0.1, 0.15) is 38.8 Å². The minimum atomic E-state index is -4.52. The number of aromatic nitrogens is 1. The van der Waals surface area contributed by atoms with Crippen molar-refractivity contribution in [3.05, 3.63) is 52.7 Å². The van der Waals surface area contributed by atoms with Crippen LogP contribution in [-0.4, -0.2) is 29.2 Å². The first kappa shape index (κ1) is 22.6. The highest BCUT2D eigenvalue weighted by molar-refractivity contribution is 6.62. The number of hydrogen-bond donors (Lipinski definition) is 1. The molecule has 0 bridgehead atoms. The maximum absolute atomic E-state index is 12.8. The minimum Gasteiger partial charge on any atom is -0.399 e. The van der Waals surface area contributed by atoms with Crippen LogP contribution in [0.5, 0.6) is 0 Å². The summed E-state index contributed by atoms with van der Waals surface area (Å²) in [5.41, 5.74) is -0.664. The van der Waals surface area contributed by atoms with Crippen LogP contribution in [0.15, 0.2) is 36.5 Å². The molecule has 0 unspecified atom stereocenters. The van der Waals surface area contributed by atoms with E-state index in [-0.39, 0.29) is 12.2 Å². The van der Waals surface area contributed by atoms with Gasteiger partial charge in [0.05, 0.1) is 23.2 Å². The summed E-state index contributed by atoms with van der Waals surface area (Å²) in [5.74, 6) is -0.716. The average molecular weight is 441 g/mol. The largest absolute Gasteiger partial charge is 0.494 e. The average Bonchev–Trinajstić information content (AvgIpc) is 2.84. The van der Waals surface area contributed by atoms with E-state index in [0.29, 0.717) is 16.0 Å². The summed E-state index contributed by atoms with van der Waals surface area (Å²) in [6.45, 7) is 7.76. The van der Waals surface area contributed by atoms with Crippen molar-refractivity contribution in [3.63, 3.8) is 0 Å². The van der Waals surface area contributed by atoms with Gasteiger partial charge in [-0.1, -0.05) is 23.7 Å². The first-order chi connectivity index (χ1) is 13.8. The van der Waals surface area contributed by atoms with Crippen LogP contribution < -0.4 is 10.8 Å². The van der Waals surface area contributed by atoms with E-state index in [4.69, 9.17) is 20.9 Å². The molecule has 5 nitrogen and oxygen atoms in total. The van der Waals surface area contributed by atoms with Gasteiger partial charge in [-0.2, -0.15) is 13.2 Å². The normalized spacial score (nSPS) is 17.8. The maximum atomic E-state index is 12.8. The lowest BCUT2D eigenvalue weighted by Crippen LogP contribution is -2.41. The molecule has 1 aliphatic rings. The predicted molar refractivity (Wildman–Crippen MR) is 109 cm³/mol. The molecule has 1 amide bonds. The summed E-state index contributed by atoms with van der Waals surface area (Å²) >= 11 is 6.33. The summed E-state index contributed by atoms with van der Waals surface area (Å²) in [6, 6.07) is 6.69. The van der Waals surface area contributed by atoms with Gasteiger partial charge in [0, 0.05) is 11.2 Å². The van der Waals surface area contributed by atoms with Crippen LogP contribution in [0, 0.1) is 0 Å². The third-order valence-corrected chi connectivity index (χ3v) is 5.66. The Hall–Kier alpha value is -2.10. The summed E-state index contributed by atoms with van der Waals surface area (Å²) < 4.78 is 50.3. The SMILES string of the molecule is CC1(C)OB(c2ccc(CC(=O)Nc3cc(C(F)(F)F)ccn3)c(Cl)c2)OC1(C)C. The fourth-order valence-corrected chi connectivity index (χ4v) is 3.12. The number of carbonyl (C=O) groups is 1. The third-order valence-electron chi connectivity index (χ3n) is 5.31. The Balaban J connectivity index is 1.69. The molecule has 2 heterocycles. The second-order valence-corrected chi connectivity index (χ2v) is 8.50. The van der Waals surface area contributed by atoms with Crippen LogP contribution in [-0.2, 0) is 26.7 Å². The summed E-state index contributed by atoms with van der Waals surface area (Å²) in [4.78, 5) is 16.0. The van der Waals surface area contributed by atoms with E-state index in [0.717, 1.165) is 18.3 Å². The van der Waals surface area contributed by atoms with Gasteiger partial charge in [0.1, 0.15) is 5.82 Å². The molecule has 0 saturated carbocycles. The fourth-order valence-electron chi connectivity index (χ4n) is 2.87. The van der Waals surface area contributed by atoms with E-state index < -0.39 is 36.0 Å². The van der Waals surface area contributed by atoms with Crippen molar-refractivity contribution in [1.29, 1.82) is 0 Å². The molecule has 10 heteroatoms. The van der Waals surface area contributed by atoms with Crippen molar-refractivity contribution in [1.82, 2.24) is 4.98 Å². The van der Waals surface area contributed by atoms with Crippen molar-refractivity contribution in [3.8, 4) is 0 Å². The summed E-state index contributed by atoms with van der Waals surface area (Å²) in [5, 5.41) is 2.69. The van der Waals surface area contributed by atoms with Crippen LogP contribution >= 0.6 is 11.6 Å². The quantitative estimate of drug-likeness (QED) is 0.723. The number of benzene rings is 1. The number of hydrogen-bond acceptors (Lipinski definition) is 4. The highest BCUT2D eigenvalue weighted by Crippen LogP contribution is 2.36. The molecule has 1 aliphatic heterocycles. The molecule has 0 radical (unpaired) electrons. The molecular formula is C20H21BClF3N2O3. The van der Waals surface area contributed by atoms with Crippen molar-refractivity contribution in [2.75, 3.05) is 5.32 Å². The van der Waals surface area contributed by atoms with Crippen LogP contribution in [0.3, 0.4) is 0 Å². The summed E-state index contributed by atoms with van der Waals surface area (Å²) in [6.07, 6.45) is -3.65. The lowest BCUT2D eigenvalue weighted by atomic mass is 9.78. The van der Waals surface area contributed by atoms with E-state index >= 15 is 0 Å². The van der Waals surface area contributed by atoms with Gasteiger partial charge in [0.25, 0.3) is 0 Å². The Morgan fingerprint density at radius 1 is 1.13 bits per heavy atom. The van der Waals surface area contributed by atoms with Crippen molar-refractivity contribution < 1.29 is 27.3 Å². The maximum Gasteiger partial charge on any atom is 0.494 e. The number of halogens is 4. The third kappa shape index (κ3) is 4.79. The Morgan fingerprint density at radius 2 is 1.77 bits per heavy atom. The Labute approximate surface area is 178 Å². The second-order valence-electron chi connectivity index (χ2n) is 8.09. The molecule has 0 aliphatic carbocycles. The Morgan fingerprint density at radius 3 is 2.33 bits per heavy atom. The number of alkyl halides is 3. The number of nitrogens with zero attached hydrogens (tertiary/aromatic N) is 1. The van der Waals surface area contributed by atoms with Gasteiger partial charge in [-0.25, -0.2) is 4.98 Å². The number of pyridine rings is 1. The Kier molecular flexibility index (Phi) is 5.92. The predicted octanol–water partition coefficient (Wildman–Crippen LogP) is 4.23. The molecule has 1 aromatic heterocycles. The van der Waals surface area contributed by atoms with Crippen LogP contribution in [0.2, 0.25) is 5.02 Å². The number of nitrogens with one attached hydrogen (secondary N) is 1. The zero-order chi connectivity index (χ0) is 22.3. The lowest BCUT2D eigenvalue weighted by molar-refractivity contribution is -0.137. The first-order valence-electron chi connectivity index (χ1n) is 9.25. The van der Waals surface area contributed by atoms with E-state index in [1.165, 1.54) is 0 Å². The van der Waals surface area contributed by atoms with Crippen molar-refractivity contribution in [2.24, 2.45) is 0 Å². The smallest absolute Gasteiger partial charge is 0.399 e. The van der Waals surface area contributed by atoms with Gasteiger partial charge in [0.15, 0.2) is 0 Å². The van der Waals surface area contributed by atoms with Crippen molar-refractivity contribution in [2.45, 2.75) is 51.5 Å². The molecule has 0 spiro atoms. The minimum absolute atomic E-state index is 0.125. The molecule has 1 fully saturated rings. The number of rotatable bonds is 4. The van der Waals surface area contributed by atoms with E-state index in [1.807, 2.05) is 27.7 Å². The van der Waals surface area contributed by atoms with E-state index in [9.17, 15) is 18.0 Å². The fraction of sp³-hybridized carbons (Fsp3) is 0.400. The summed E-state index contributed by atoms with van der Waals surface area (Å²) in [7, 11) is -0.593. The van der Waals surface area contributed by atoms with Gasteiger partial charge in [0.2, 0.25) is 5.91 Å². The van der Waals surface area contributed by atoms with Gasteiger partial charge in [-0.15, -0.1) is 0 Å². The lowest BCUT2D eigenvalue weighted by Gasteiger charge is -2.32. The van der Waals surface area contributed by atoms with Gasteiger partial charge < -0.3 is 14.6 Å². The topological polar surface area (TPSA) is 60.5 Å². The molecule has 3 rings (SSSR count). The number of anilines is 1. The van der Waals surface area contributed by atoms with Crippen LogP contribution in [0.25, 0.3) is 0 Å². The highest BCUT2D eigenvalue weighted by Gasteiger charge is 2.51. The molecular weight excluding hydrogens is 419 g/mol.